The van der Waals surface area contributed by atoms with Crippen LogP contribution in [0.3, 0.4) is 0 Å². The van der Waals surface area contributed by atoms with E-state index in [0.717, 1.165) is 16.8 Å². The summed E-state index contributed by atoms with van der Waals surface area (Å²) in [6.45, 7) is 1.91. The Morgan fingerprint density at radius 1 is 0.848 bits per heavy atom. The van der Waals surface area contributed by atoms with E-state index in [1.807, 2.05) is 31.2 Å². The van der Waals surface area contributed by atoms with Gasteiger partial charge in [0.05, 0.1) is 18.9 Å². The molecule has 1 atom stereocenters. The quantitative estimate of drug-likeness (QED) is 0.351. The van der Waals surface area contributed by atoms with Crippen molar-refractivity contribution in [2.24, 2.45) is 0 Å². The Morgan fingerprint density at radius 2 is 1.58 bits per heavy atom. The second-order valence-electron chi connectivity index (χ2n) is 7.56. The van der Waals surface area contributed by atoms with Crippen molar-refractivity contribution in [3.63, 3.8) is 0 Å². The fraction of sp³-hybridized carbons (Fsp3) is 0.160. The lowest BCUT2D eigenvalue weighted by molar-refractivity contribution is -0.139. The van der Waals surface area contributed by atoms with Crippen molar-refractivity contribution in [3.8, 4) is 0 Å². The number of carbonyl (C=O) groups excluding carboxylic acids is 2. The van der Waals surface area contributed by atoms with Gasteiger partial charge in [-0.25, -0.2) is 4.79 Å². The molecule has 0 spiro atoms. The number of amides is 3. The van der Waals surface area contributed by atoms with Crippen LogP contribution in [0.15, 0.2) is 72.8 Å². The van der Waals surface area contributed by atoms with Gasteiger partial charge in [-0.05, 0) is 53.9 Å². The molecule has 3 aromatic rings. The van der Waals surface area contributed by atoms with E-state index in [9.17, 15) is 19.5 Å². The summed E-state index contributed by atoms with van der Waals surface area (Å²) in [7, 11) is 0. The minimum absolute atomic E-state index is 0.109. The molecule has 3 amide bonds. The number of rotatable bonds is 8. The normalized spacial score (nSPS) is 11.3. The smallest absolute Gasteiger partial charge is 0.323 e. The minimum Gasteiger partial charge on any atom is -0.481 e. The molecule has 0 saturated heterocycles. The molecule has 0 fully saturated rings. The first-order valence-electron chi connectivity index (χ1n) is 10.3. The Kier molecular flexibility index (Phi) is 7.77. The topological polar surface area (TPSA) is 128 Å². The number of para-hydroxylation sites is 1. The summed E-state index contributed by atoms with van der Waals surface area (Å²) >= 11 is 0. The molecule has 33 heavy (non-hydrogen) atoms. The summed E-state index contributed by atoms with van der Waals surface area (Å²) in [6, 6.07) is 20.5. The Balaban J connectivity index is 1.53. The van der Waals surface area contributed by atoms with Crippen molar-refractivity contribution in [1.82, 2.24) is 0 Å². The number of aliphatic carboxylic acids is 1. The maximum absolute atomic E-state index is 12.4. The van der Waals surface area contributed by atoms with Crippen LogP contribution in [0.1, 0.15) is 29.2 Å². The number of aryl methyl sites for hydroxylation is 1. The summed E-state index contributed by atoms with van der Waals surface area (Å²) in [6.07, 6.45) is -1.46. The number of carboxylic acid groups (broad SMARTS) is 1. The van der Waals surface area contributed by atoms with Crippen LogP contribution < -0.4 is 16.0 Å². The van der Waals surface area contributed by atoms with Crippen LogP contribution in [-0.4, -0.2) is 28.1 Å². The summed E-state index contributed by atoms with van der Waals surface area (Å²) in [4.78, 5) is 35.4. The Bertz CT molecular complexity index is 1140. The van der Waals surface area contributed by atoms with Gasteiger partial charge in [-0.2, -0.15) is 0 Å². The fourth-order valence-electron chi connectivity index (χ4n) is 3.20. The second-order valence-corrected chi connectivity index (χ2v) is 7.56. The Morgan fingerprint density at radius 3 is 2.27 bits per heavy atom. The van der Waals surface area contributed by atoms with E-state index in [4.69, 9.17) is 5.11 Å². The average molecular weight is 447 g/mol. The summed E-state index contributed by atoms with van der Waals surface area (Å²) in [5.41, 5.74) is 3.89. The van der Waals surface area contributed by atoms with Gasteiger partial charge in [-0.3, -0.25) is 9.59 Å². The van der Waals surface area contributed by atoms with E-state index >= 15 is 0 Å². The van der Waals surface area contributed by atoms with Gasteiger partial charge in [-0.1, -0.05) is 42.5 Å². The van der Waals surface area contributed by atoms with E-state index in [0.29, 0.717) is 16.9 Å². The fourth-order valence-corrected chi connectivity index (χ4v) is 3.20. The van der Waals surface area contributed by atoms with Gasteiger partial charge in [-0.15, -0.1) is 0 Å². The highest BCUT2D eigenvalue weighted by Crippen LogP contribution is 2.21. The molecule has 0 saturated carbocycles. The Labute approximate surface area is 191 Å². The molecule has 1 unspecified atom stereocenters. The molecule has 8 nitrogen and oxygen atoms in total. The van der Waals surface area contributed by atoms with Crippen molar-refractivity contribution in [1.29, 1.82) is 0 Å². The standard InChI is InChI=1S/C25H25N3O5/c1-16-5-2-3-8-21(16)28-25(33)27-19-11-9-17(10-12-19)13-23(30)26-20-7-4-6-18(14-20)22(29)15-24(31)32/h2-12,14,22,29H,13,15H2,1H3,(H,26,30)(H,31,32)(H2,27,28,33). The molecule has 0 aromatic heterocycles. The van der Waals surface area contributed by atoms with Crippen LogP contribution in [0, 0.1) is 6.92 Å². The van der Waals surface area contributed by atoms with Gasteiger partial charge in [0.15, 0.2) is 0 Å². The van der Waals surface area contributed by atoms with Gasteiger partial charge >= 0.3 is 12.0 Å². The van der Waals surface area contributed by atoms with Crippen LogP contribution >= 0.6 is 0 Å². The number of aliphatic hydroxyl groups excluding tert-OH is 1. The van der Waals surface area contributed by atoms with Crippen molar-refractivity contribution in [2.75, 3.05) is 16.0 Å². The van der Waals surface area contributed by atoms with Gasteiger partial charge in [0.2, 0.25) is 5.91 Å². The molecule has 8 heteroatoms. The summed E-state index contributed by atoms with van der Waals surface area (Å²) in [5.74, 6) is -1.37. The molecule has 3 rings (SSSR count). The van der Waals surface area contributed by atoms with Crippen LogP contribution in [0.2, 0.25) is 0 Å². The lowest BCUT2D eigenvalue weighted by Gasteiger charge is -2.12. The van der Waals surface area contributed by atoms with Gasteiger partial charge in [0.1, 0.15) is 0 Å². The molecular weight excluding hydrogens is 422 g/mol. The SMILES string of the molecule is Cc1ccccc1NC(=O)Nc1ccc(CC(=O)Nc2cccc(C(O)CC(=O)O)c2)cc1. The molecule has 5 N–H and O–H groups in total. The first-order chi connectivity index (χ1) is 15.8. The Hall–Kier alpha value is -4.17. The number of nitrogens with one attached hydrogen (secondary N) is 3. The second kappa shape index (κ2) is 10.9. The van der Waals surface area contributed by atoms with E-state index in [1.165, 1.54) is 0 Å². The molecule has 0 aliphatic carbocycles. The van der Waals surface area contributed by atoms with E-state index in [2.05, 4.69) is 16.0 Å². The van der Waals surface area contributed by atoms with E-state index < -0.39 is 18.5 Å². The third-order valence-electron chi connectivity index (χ3n) is 4.89. The van der Waals surface area contributed by atoms with Crippen LogP contribution in [-0.2, 0) is 16.0 Å². The summed E-state index contributed by atoms with van der Waals surface area (Å²) in [5, 5.41) is 27.0. The minimum atomic E-state index is -1.15. The number of hydrogen-bond donors (Lipinski definition) is 5. The van der Waals surface area contributed by atoms with Crippen molar-refractivity contribution < 1.29 is 24.6 Å². The lowest BCUT2D eigenvalue weighted by atomic mass is 10.1. The first-order valence-corrected chi connectivity index (χ1v) is 10.3. The predicted molar refractivity (Wildman–Crippen MR) is 126 cm³/mol. The number of benzene rings is 3. The monoisotopic (exact) mass is 447 g/mol. The summed E-state index contributed by atoms with van der Waals surface area (Å²) < 4.78 is 0. The van der Waals surface area contributed by atoms with Crippen LogP contribution in [0.4, 0.5) is 21.9 Å². The van der Waals surface area contributed by atoms with Crippen LogP contribution in [0.25, 0.3) is 0 Å². The molecular formula is C25H25N3O5. The molecule has 170 valence electrons. The van der Waals surface area contributed by atoms with E-state index in [-0.39, 0.29) is 18.4 Å². The zero-order valence-electron chi connectivity index (χ0n) is 18.0. The zero-order chi connectivity index (χ0) is 23.8. The van der Waals surface area contributed by atoms with Crippen LogP contribution in [0.5, 0.6) is 0 Å². The highest BCUT2D eigenvalue weighted by atomic mass is 16.4. The van der Waals surface area contributed by atoms with Crippen molar-refractivity contribution in [2.45, 2.75) is 25.9 Å². The van der Waals surface area contributed by atoms with Crippen molar-refractivity contribution >= 4 is 35.0 Å². The third-order valence-corrected chi connectivity index (χ3v) is 4.89. The molecule has 0 aliphatic heterocycles. The third kappa shape index (κ3) is 7.19. The van der Waals surface area contributed by atoms with Gasteiger partial charge < -0.3 is 26.2 Å². The number of carbonyl (C=O) groups is 3. The highest BCUT2D eigenvalue weighted by molar-refractivity contribution is 6.00. The zero-order valence-corrected chi connectivity index (χ0v) is 18.0. The largest absolute Gasteiger partial charge is 0.481 e. The number of hydrogen-bond acceptors (Lipinski definition) is 4. The molecule has 0 bridgehead atoms. The molecule has 3 aromatic carbocycles. The lowest BCUT2D eigenvalue weighted by Crippen LogP contribution is -2.20. The van der Waals surface area contributed by atoms with Crippen molar-refractivity contribution in [3.05, 3.63) is 89.5 Å². The highest BCUT2D eigenvalue weighted by Gasteiger charge is 2.13. The molecule has 0 aliphatic rings. The number of carboxylic acids is 1. The first kappa shape index (κ1) is 23.5. The van der Waals surface area contributed by atoms with E-state index in [1.54, 1.807) is 48.5 Å². The number of aliphatic hydroxyl groups is 1. The predicted octanol–water partition coefficient (Wildman–Crippen LogP) is 4.33. The number of urea groups is 1. The maximum Gasteiger partial charge on any atom is 0.323 e. The molecule has 0 heterocycles. The van der Waals surface area contributed by atoms with Gasteiger partial charge in [0.25, 0.3) is 0 Å². The molecule has 0 radical (unpaired) electrons. The number of anilines is 3. The van der Waals surface area contributed by atoms with Gasteiger partial charge in [0, 0.05) is 17.1 Å². The average Bonchev–Trinajstić information content (AvgIpc) is 2.76. The maximum atomic E-state index is 12.4.